The highest BCUT2D eigenvalue weighted by Crippen LogP contribution is 2.43. The van der Waals surface area contributed by atoms with Crippen LogP contribution >= 0.6 is 23.1 Å². The fraction of sp³-hybridized carbons (Fsp3) is 0.615. The van der Waals surface area contributed by atoms with Gasteiger partial charge in [0.25, 0.3) is 0 Å². The zero-order valence-corrected chi connectivity index (χ0v) is 13.6. The summed E-state index contributed by atoms with van der Waals surface area (Å²) in [7, 11) is 0. The lowest BCUT2D eigenvalue weighted by molar-refractivity contribution is -0.0546. The van der Waals surface area contributed by atoms with Gasteiger partial charge in [0.05, 0.1) is 17.8 Å². The van der Waals surface area contributed by atoms with Gasteiger partial charge in [-0.3, -0.25) is 0 Å². The Kier molecular flexibility index (Phi) is 3.70. The van der Waals surface area contributed by atoms with E-state index in [2.05, 4.69) is 29.6 Å². The molecule has 0 spiro atoms. The number of aliphatic imine (C=N–C) groups is 1. The number of fused-ring (bicyclic) bond motifs is 3. The van der Waals surface area contributed by atoms with Crippen molar-refractivity contribution in [1.29, 1.82) is 0 Å². The Labute approximate surface area is 127 Å². The predicted octanol–water partition coefficient (Wildman–Crippen LogP) is 2.27. The van der Waals surface area contributed by atoms with E-state index in [1.807, 2.05) is 6.26 Å². The van der Waals surface area contributed by atoms with Gasteiger partial charge in [-0.05, 0) is 25.2 Å². The lowest BCUT2D eigenvalue weighted by Crippen LogP contribution is -2.39. The van der Waals surface area contributed by atoms with Crippen molar-refractivity contribution >= 4 is 33.9 Å². The molecule has 4 N–H and O–H groups in total. The highest BCUT2D eigenvalue weighted by Gasteiger charge is 2.36. The van der Waals surface area contributed by atoms with Crippen LogP contribution in [0.1, 0.15) is 36.3 Å². The van der Waals surface area contributed by atoms with Crippen LogP contribution in [0.3, 0.4) is 0 Å². The first-order chi connectivity index (χ1) is 9.60. The van der Waals surface area contributed by atoms with Gasteiger partial charge in [0, 0.05) is 11.3 Å². The van der Waals surface area contributed by atoms with Crippen LogP contribution in [0.4, 0.5) is 5.00 Å². The number of ether oxygens (including phenoxy) is 1. The molecule has 20 heavy (non-hydrogen) atoms. The number of nitrogens with two attached hydrogens (primary N) is 1. The molecule has 0 aliphatic carbocycles. The van der Waals surface area contributed by atoms with E-state index in [0.717, 1.165) is 29.2 Å². The summed E-state index contributed by atoms with van der Waals surface area (Å²) in [6.45, 7) is 5.02. The third-order valence-electron chi connectivity index (χ3n) is 4.04. The van der Waals surface area contributed by atoms with Crippen molar-refractivity contribution in [3.8, 4) is 0 Å². The maximum Gasteiger partial charge on any atom is 0.169 e. The molecule has 3 rings (SSSR count). The predicted molar refractivity (Wildman–Crippen MR) is 86.3 cm³/mol. The van der Waals surface area contributed by atoms with Crippen molar-refractivity contribution in [3.05, 3.63) is 16.0 Å². The molecule has 7 heteroatoms. The lowest BCUT2D eigenvalue weighted by atomic mass is 9.89. The number of thioether (sulfide) groups is 1. The first-order valence-electron chi connectivity index (χ1n) is 6.73. The van der Waals surface area contributed by atoms with Crippen LogP contribution in [-0.2, 0) is 17.8 Å². The van der Waals surface area contributed by atoms with E-state index in [0.29, 0.717) is 6.61 Å². The van der Waals surface area contributed by atoms with Crippen LogP contribution in [-0.4, -0.2) is 23.2 Å². The second kappa shape index (κ2) is 5.22. The lowest BCUT2D eigenvalue weighted by Gasteiger charge is -2.33. The third kappa shape index (κ3) is 2.22. The molecule has 0 saturated heterocycles. The number of nitrogens with one attached hydrogen (secondary N) is 2. The number of nitrogens with zero attached hydrogens (tertiary/aromatic N) is 1. The Balaban J connectivity index is 2.05. The molecule has 1 aromatic rings. The highest BCUT2D eigenvalue weighted by atomic mass is 32.2. The molecule has 0 radical (unpaired) electrons. The molecule has 0 bridgehead atoms. The minimum atomic E-state index is -0.0854. The van der Waals surface area contributed by atoms with Crippen LogP contribution in [0.2, 0.25) is 0 Å². The standard InChI is InChI=1S/C13H20N4OS2/c1-4-13(2)5-7-8(6-18-13)20-11-9(7)10(17-14)15-12(16-11)19-3/h12,16H,4-6,14H2,1-3H3,(H,15,17)/t12-,13+/m1/s1. The Bertz CT molecular complexity index is 557. The van der Waals surface area contributed by atoms with Gasteiger partial charge in [-0.25, -0.2) is 10.8 Å². The molecule has 0 amide bonds. The van der Waals surface area contributed by atoms with Gasteiger partial charge < -0.3 is 15.5 Å². The Morgan fingerprint density at radius 3 is 3.10 bits per heavy atom. The number of amidine groups is 1. The smallest absolute Gasteiger partial charge is 0.169 e. The Hall–Kier alpha value is -0.760. The molecule has 110 valence electrons. The second-order valence-corrected chi connectivity index (χ2v) is 7.35. The van der Waals surface area contributed by atoms with Crippen LogP contribution in [0.15, 0.2) is 4.99 Å². The zero-order chi connectivity index (χ0) is 14.3. The Morgan fingerprint density at radius 1 is 1.65 bits per heavy atom. The summed E-state index contributed by atoms with van der Waals surface area (Å²) >= 11 is 3.42. The molecule has 0 saturated carbocycles. The SMILES string of the molecule is CC[C@@]1(C)Cc2c(sc3c2C(NN)=N[C@@H](SC)N3)CO1. The van der Waals surface area contributed by atoms with E-state index in [-0.39, 0.29) is 11.1 Å². The minimum Gasteiger partial charge on any atom is -0.369 e. The van der Waals surface area contributed by atoms with E-state index >= 15 is 0 Å². The molecule has 2 atom stereocenters. The van der Waals surface area contributed by atoms with Gasteiger partial charge in [-0.2, -0.15) is 0 Å². The summed E-state index contributed by atoms with van der Waals surface area (Å²) in [5.41, 5.74) is 5.18. The summed E-state index contributed by atoms with van der Waals surface area (Å²) < 4.78 is 6.03. The van der Waals surface area contributed by atoms with Crippen molar-refractivity contribution in [2.24, 2.45) is 10.8 Å². The normalized spacial score (nSPS) is 28.2. The quantitative estimate of drug-likeness (QED) is 0.577. The van der Waals surface area contributed by atoms with E-state index in [1.165, 1.54) is 10.4 Å². The maximum absolute atomic E-state index is 6.03. The van der Waals surface area contributed by atoms with Gasteiger partial charge >= 0.3 is 0 Å². The van der Waals surface area contributed by atoms with Crippen LogP contribution in [0, 0.1) is 0 Å². The van der Waals surface area contributed by atoms with Gasteiger partial charge in [0.1, 0.15) is 10.8 Å². The average molecular weight is 312 g/mol. The van der Waals surface area contributed by atoms with Gasteiger partial charge in [-0.15, -0.1) is 23.1 Å². The molecule has 0 fully saturated rings. The molecule has 2 aliphatic heterocycles. The molecule has 0 unspecified atom stereocenters. The number of hydrogen-bond acceptors (Lipinski definition) is 7. The monoisotopic (exact) mass is 312 g/mol. The zero-order valence-electron chi connectivity index (χ0n) is 11.9. The fourth-order valence-electron chi connectivity index (χ4n) is 2.61. The summed E-state index contributed by atoms with van der Waals surface area (Å²) in [6.07, 6.45) is 3.95. The number of anilines is 1. The van der Waals surface area contributed by atoms with E-state index < -0.39 is 0 Å². The van der Waals surface area contributed by atoms with Gasteiger partial charge in [0.15, 0.2) is 5.50 Å². The summed E-state index contributed by atoms with van der Waals surface area (Å²) in [5.74, 6) is 6.47. The molecule has 0 aromatic carbocycles. The first-order valence-corrected chi connectivity index (χ1v) is 8.83. The van der Waals surface area contributed by atoms with Crippen molar-refractivity contribution in [1.82, 2.24) is 5.43 Å². The van der Waals surface area contributed by atoms with E-state index in [9.17, 15) is 0 Å². The first kappa shape index (κ1) is 14.2. The topological polar surface area (TPSA) is 71.7 Å². The number of hydrogen-bond donors (Lipinski definition) is 3. The van der Waals surface area contributed by atoms with Crippen molar-refractivity contribution in [2.75, 3.05) is 11.6 Å². The number of hydrazine groups is 1. The fourth-order valence-corrected chi connectivity index (χ4v) is 4.28. The van der Waals surface area contributed by atoms with Crippen molar-refractivity contribution in [2.45, 2.75) is 44.4 Å². The third-order valence-corrected chi connectivity index (χ3v) is 5.85. The maximum atomic E-state index is 6.03. The summed E-state index contributed by atoms with van der Waals surface area (Å²) in [4.78, 5) is 5.90. The average Bonchev–Trinajstić information content (AvgIpc) is 2.83. The van der Waals surface area contributed by atoms with E-state index in [4.69, 9.17) is 10.6 Å². The van der Waals surface area contributed by atoms with E-state index in [1.54, 1.807) is 23.1 Å². The van der Waals surface area contributed by atoms with Crippen LogP contribution in [0.25, 0.3) is 0 Å². The molecular formula is C13H20N4OS2. The van der Waals surface area contributed by atoms with Crippen molar-refractivity contribution < 1.29 is 4.74 Å². The van der Waals surface area contributed by atoms with Gasteiger partial charge in [0.2, 0.25) is 0 Å². The molecule has 2 aliphatic rings. The van der Waals surface area contributed by atoms with Crippen molar-refractivity contribution in [3.63, 3.8) is 0 Å². The summed E-state index contributed by atoms with van der Waals surface area (Å²) in [5, 5.41) is 4.61. The van der Waals surface area contributed by atoms with Crippen LogP contribution in [0.5, 0.6) is 0 Å². The second-order valence-electron chi connectivity index (χ2n) is 5.33. The number of thiophene rings is 1. The molecule has 1 aromatic heterocycles. The largest absolute Gasteiger partial charge is 0.369 e. The molecule has 5 nitrogen and oxygen atoms in total. The molecule has 3 heterocycles. The molecular weight excluding hydrogens is 292 g/mol. The summed E-state index contributed by atoms with van der Waals surface area (Å²) in [6, 6.07) is 0. The minimum absolute atomic E-state index is 0.0205. The highest BCUT2D eigenvalue weighted by molar-refractivity contribution is 7.99. The Morgan fingerprint density at radius 2 is 2.45 bits per heavy atom. The van der Waals surface area contributed by atoms with Crippen LogP contribution < -0.4 is 16.6 Å². The van der Waals surface area contributed by atoms with Gasteiger partial charge in [-0.1, -0.05) is 6.92 Å². The number of rotatable bonds is 2.